The van der Waals surface area contributed by atoms with Crippen molar-refractivity contribution in [2.45, 2.75) is 32.8 Å². The van der Waals surface area contributed by atoms with Crippen molar-refractivity contribution in [3.63, 3.8) is 0 Å². The average molecular weight is 428 g/mol. The van der Waals surface area contributed by atoms with Gasteiger partial charge in [0.05, 0.1) is 37.7 Å². The van der Waals surface area contributed by atoms with Crippen molar-refractivity contribution in [2.24, 2.45) is 0 Å². The van der Waals surface area contributed by atoms with Gasteiger partial charge in [-0.1, -0.05) is 18.2 Å². The second-order valence-corrected chi connectivity index (χ2v) is 7.36. The number of fused-ring (bicyclic) bond motifs is 1. The molecule has 31 heavy (non-hydrogen) atoms. The number of para-hydroxylation sites is 1. The maximum absolute atomic E-state index is 13.7. The average Bonchev–Trinajstić information content (AvgIpc) is 2.86. The number of aromatic nitrogens is 2. The zero-order valence-corrected chi connectivity index (χ0v) is 18.1. The van der Waals surface area contributed by atoms with E-state index >= 15 is 0 Å². The SMILES string of the molecule is CCOC(=O)C1=C(C(=O)OC)CC(C)(C)Oc2nc(OC)n(-c3ccccc3)c(=O)c21. The summed E-state index contributed by atoms with van der Waals surface area (Å²) in [6.45, 7) is 5.10. The summed E-state index contributed by atoms with van der Waals surface area (Å²) in [5, 5.41) is 0. The predicted molar refractivity (Wildman–Crippen MR) is 111 cm³/mol. The van der Waals surface area contributed by atoms with Crippen LogP contribution in [0.15, 0.2) is 40.7 Å². The maximum atomic E-state index is 13.7. The van der Waals surface area contributed by atoms with Crippen LogP contribution in [-0.2, 0) is 19.1 Å². The standard InChI is InChI=1S/C22H24N2O7/c1-6-30-20(27)15-14(19(26)28-4)12-22(2,3)31-17-16(15)18(25)24(21(23-17)29-5)13-10-8-7-9-11-13/h7-11H,6,12H2,1-5H3. The van der Waals surface area contributed by atoms with E-state index in [1.165, 1.54) is 18.8 Å². The smallest absolute Gasteiger partial charge is 0.339 e. The summed E-state index contributed by atoms with van der Waals surface area (Å²) in [5.41, 5.74) is -1.58. The third kappa shape index (κ3) is 4.16. The Labute approximate surface area is 179 Å². The molecule has 0 saturated carbocycles. The van der Waals surface area contributed by atoms with Crippen LogP contribution in [0.1, 0.15) is 32.8 Å². The van der Waals surface area contributed by atoms with Crippen LogP contribution >= 0.6 is 0 Å². The first-order valence-corrected chi connectivity index (χ1v) is 9.68. The molecule has 3 rings (SSSR count). The van der Waals surface area contributed by atoms with Crippen molar-refractivity contribution < 1.29 is 28.5 Å². The second kappa shape index (κ2) is 8.63. The summed E-state index contributed by atoms with van der Waals surface area (Å²) < 4.78 is 22.6. The Morgan fingerprint density at radius 3 is 2.42 bits per heavy atom. The van der Waals surface area contributed by atoms with Gasteiger partial charge in [0.25, 0.3) is 5.56 Å². The molecule has 0 fully saturated rings. The predicted octanol–water partition coefficient (Wildman–Crippen LogP) is 2.29. The number of carbonyl (C=O) groups is 2. The first-order valence-electron chi connectivity index (χ1n) is 9.68. The third-order valence-corrected chi connectivity index (χ3v) is 4.65. The van der Waals surface area contributed by atoms with Gasteiger partial charge in [0.15, 0.2) is 0 Å². The number of esters is 2. The van der Waals surface area contributed by atoms with Gasteiger partial charge >= 0.3 is 17.9 Å². The molecular weight excluding hydrogens is 404 g/mol. The molecule has 0 atom stereocenters. The van der Waals surface area contributed by atoms with E-state index in [4.69, 9.17) is 18.9 Å². The van der Waals surface area contributed by atoms with Gasteiger partial charge in [0.2, 0.25) is 5.88 Å². The van der Waals surface area contributed by atoms with Gasteiger partial charge in [-0.15, -0.1) is 0 Å². The number of hydrogen-bond acceptors (Lipinski definition) is 8. The summed E-state index contributed by atoms with van der Waals surface area (Å²) in [4.78, 5) is 43.7. The van der Waals surface area contributed by atoms with Crippen LogP contribution in [0.2, 0.25) is 0 Å². The molecule has 0 spiro atoms. The van der Waals surface area contributed by atoms with Crippen molar-refractivity contribution in [1.82, 2.24) is 9.55 Å². The van der Waals surface area contributed by atoms with Crippen LogP contribution in [-0.4, -0.2) is 47.9 Å². The van der Waals surface area contributed by atoms with Gasteiger partial charge in [0, 0.05) is 6.42 Å². The molecule has 9 heteroatoms. The number of ether oxygens (including phenoxy) is 4. The molecule has 2 aromatic rings. The van der Waals surface area contributed by atoms with E-state index in [1.54, 1.807) is 51.1 Å². The molecule has 9 nitrogen and oxygen atoms in total. The molecule has 0 amide bonds. The lowest BCUT2D eigenvalue weighted by molar-refractivity contribution is -0.139. The largest absolute Gasteiger partial charge is 0.471 e. The van der Waals surface area contributed by atoms with Crippen LogP contribution in [0.25, 0.3) is 11.3 Å². The third-order valence-electron chi connectivity index (χ3n) is 4.65. The molecule has 0 bridgehead atoms. The molecule has 0 radical (unpaired) electrons. The minimum atomic E-state index is -0.976. The Bertz CT molecular complexity index is 1100. The molecule has 1 aromatic carbocycles. The zero-order chi connectivity index (χ0) is 22.8. The minimum Gasteiger partial charge on any atom is -0.471 e. The summed E-state index contributed by atoms with van der Waals surface area (Å²) in [6, 6.07) is 8.63. The van der Waals surface area contributed by atoms with E-state index in [9.17, 15) is 14.4 Å². The van der Waals surface area contributed by atoms with Crippen molar-refractivity contribution in [1.29, 1.82) is 0 Å². The molecule has 2 heterocycles. The van der Waals surface area contributed by atoms with E-state index in [1.807, 2.05) is 0 Å². The van der Waals surface area contributed by atoms with E-state index in [0.29, 0.717) is 5.69 Å². The molecule has 164 valence electrons. The van der Waals surface area contributed by atoms with Crippen LogP contribution in [0.3, 0.4) is 0 Å². The summed E-state index contributed by atoms with van der Waals surface area (Å²) in [5.74, 6) is -1.72. The van der Waals surface area contributed by atoms with Gasteiger partial charge in [-0.25, -0.2) is 14.2 Å². The number of hydrogen-bond donors (Lipinski definition) is 0. The highest BCUT2D eigenvalue weighted by molar-refractivity contribution is 6.23. The Balaban J connectivity index is 2.46. The summed E-state index contributed by atoms with van der Waals surface area (Å²) >= 11 is 0. The fourth-order valence-electron chi connectivity index (χ4n) is 3.40. The van der Waals surface area contributed by atoms with E-state index in [-0.39, 0.29) is 41.6 Å². The van der Waals surface area contributed by atoms with E-state index in [0.717, 1.165) is 0 Å². The molecule has 0 N–H and O–H groups in total. The monoisotopic (exact) mass is 428 g/mol. The van der Waals surface area contributed by atoms with E-state index in [2.05, 4.69) is 4.98 Å². The Hall–Kier alpha value is -3.62. The minimum absolute atomic E-state index is 0.00270. The first kappa shape index (κ1) is 22.1. The lowest BCUT2D eigenvalue weighted by atomic mass is 9.93. The van der Waals surface area contributed by atoms with Gasteiger partial charge in [-0.3, -0.25) is 4.79 Å². The van der Waals surface area contributed by atoms with E-state index < -0.39 is 23.1 Å². The highest BCUT2D eigenvalue weighted by Gasteiger charge is 2.40. The summed E-state index contributed by atoms with van der Waals surface area (Å²) in [6.07, 6.45) is -0.00270. The first-order chi connectivity index (χ1) is 14.7. The van der Waals surface area contributed by atoms with Crippen LogP contribution in [0.4, 0.5) is 0 Å². The van der Waals surface area contributed by atoms with Crippen molar-refractivity contribution in [2.75, 3.05) is 20.8 Å². The van der Waals surface area contributed by atoms with Gasteiger partial charge in [0.1, 0.15) is 11.2 Å². The number of rotatable bonds is 5. The van der Waals surface area contributed by atoms with Gasteiger partial charge < -0.3 is 18.9 Å². The van der Waals surface area contributed by atoms with Crippen molar-refractivity contribution >= 4 is 17.5 Å². The molecule has 0 saturated heterocycles. The van der Waals surface area contributed by atoms with Gasteiger partial charge in [-0.2, -0.15) is 4.98 Å². The van der Waals surface area contributed by atoms with Crippen LogP contribution in [0, 0.1) is 0 Å². The van der Waals surface area contributed by atoms with Gasteiger partial charge in [-0.05, 0) is 32.9 Å². The number of methoxy groups -OCH3 is 2. The fraction of sp³-hybridized carbons (Fsp3) is 0.364. The Kier molecular flexibility index (Phi) is 6.14. The van der Waals surface area contributed by atoms with Crippen LogP contribution in [0.5, 0.6) is 11.9 Å². The lowest BCUT2D eigenvalue weighted by Crippen LogP contribution is -2.31. The topological polar surface area (TPSA) is 106 Å². The molecule has 1 aromatic heterocycles. The normalized spacial score (nSPS) is 14.7. The zero-order valence-electron chi connectivity index (χ0n) is 18.1. The number of benzene rings is 1. The Morgan fingerprint density at radius 2 is 1.84 bits per heavy atom. The van der Waals surface area contributed by atoms with Crippen LogP contribution < -0.4 is 15.0 Å². The molecular formula is C22H24N2O7. The highest BCUT2D eigenvalue weighted by atomic mass is 16.5. The quantitative estimate of drug-likeness (QED) is 0.668. The highest BCUT2D eigenvalue weighted by Crippen LogP contribution is 2.38. The molecule has 1 aliphatic heterocycles. The van der Waals surface area contributed by atoms with Crippen molar-refractivity contribution in [3.8, 4) is 17.6 Å². The Morgan fingerprint density at radius 1 is 1.16 bits per heavy atom. The molecule has 0 aliphatic carbocycles. The second-order valence-electron chi connectivity index (χ2n) is 7.36. The molecule has 0 unspecified atom stereocenters. The summed E-state index contributed by atoms with van der Waals surface area (Å²) in [7, 11) is 2.57. The maximum Gasteiger partial charge on any atom is 0.339 e. The van der Waals surface area contributed by atoms with Crippen molar-refractivity contribution in [3.05, 3.63) is 51.8 Å². The fourth-order valence-corrected chi connectivity index (χ4v) is 3.40. The lowest BCUT2D eigenvalue weighted by Gasteiger charge is -2.25. The molecule has 1 aliphatic rings. The number of carbonyl (C=O) groups excluding carboxylic acids is 2. The number of nitrogens with zero attached hydrogens (tertiary/aromatic N) is 2.